The molecule has 1 atom stereocenters. The highest BCUT2D eigenvalue weighted by atomic mass is 16.2. The number of nitrogens with zero attached hydrogens (tertiary/aromatic N) is 5. The average Bonchev–Trinajstić information content (AvgIpc) is 2.59. The topological polar surface area (TPSA) is 75.9 Å². The zero-order valence-corrected chi connectivity index (χ0v) is 8.84. The second kappa shape index (κ2) is 3.93. The lowest BCUT2D eigenvalue weighted by Crippen LogP contribution is -2.53. The number of nitrogens with one attached hydrogen (secondary N) is 1. The number of aryl methyl sites for hydroxylation is 1. The zero-order chi connectivity index (χ0) is 10.8. The number of piperazine rings is 1. The van der Waals surface area contributed by atoms with Crippen LogP contribution in [-0.2, 0) is 18.4 Å². The molecule has 1 aromatic heterocycles. The molecule has 0 bridgehead atoms. The monoisotopic (exact) mass is 210 g/mol. The van der Waals surface area contributed by atoms with E-state index < -0.39 is 0 Å². The first kappa shape index (κ1) is 10.0. The van der Waals surface area contributed by atoms with Crippen LogP contribution in [0.3, 0.4) is 0 Å². The quantitative estimate of drug-likeness (QED) is 0.645. The lowest BCUT2D eigenvalue weighted by Gasteiger charge is -2.30. The molecule has 82 valence electrons. The van der Waals surface area contributed by atoms with Crippen LogP contribution in [0, 0.1) is 0 Å². The fourth-order valence-corrected chi connectivity index (χ4v) is 1.60. The number of carbonyl (C=O) groups excluding carboxylic acids is 1. The number of carbonyl (C=O) groups is 1. The molecule has 1 saturated heterocycles. The summed E-state index contributed by atoms with van der Waals surface area (Å²) in [6.45, 7) is 3.81. The number of hydrogen-bond acceptors (Lipinski definition) is 5. The standard InChI is InChI=1S/C8H14N6O/c1-6-8(15)14(4-3-9-6)5-7-10-12-13(2)11-7/h6,9H,3-5H2,1-2H3. The summed E-state index contributed by atoms with van der Waals surface area (Å²) in [7, 11) is 1.71. The van der Waals surface area contributed by atoms with Crippen LogP contribution in [-0.4, -0.2) is 50.1 Å². The minimum absolute atomic E-state index is 0.0914. The minimum Gasteiger partial charge on any atom is -0.332 e. The molecule has 0 spiro atoms. The molecule has 7 heteroatoms. The Kier molecular flexibility index (Phi) is 2.63. The maximum absolute atomic E-state index is 11.7. The predicted molar refractivity (Wildman–Crippen MR) is 51.7 cm³/mol. The third-order valence-electron chi connectivity index (χ3n) is 2.40. The van der Waals surface area contributed by atoms with E-state index in [4.69, 9.17) is 0 Å². The van der Waals surface area contributed by atoms with Crippen molar-refractivity contribution in [3.63, 3.8) is 0 Å². The van der Waals surface area contributed by atoms with Gasteiger partial charge in [-0.15, -0.1) is 10.2 Å². The van der Waals surface area contributed by atoms with Crippen LogP contribution in [0.1, 0.15) is 12.7 Å². The van der Waals surface area contributed by atoms with Crippen molar-refractivity contribution in [3.05, 3.63) is 5.82 Å². The Morgan fingerprint density at radius 2 is 2.40 bits per heavy atom. The zero-order valence-electron chi connectivity index (χ0n) is 8.84. The Morgan fingerprint density at radius 3 is 3.07 bits per heavy atom. The van der Waals surface area contributed by atoms with Gasteiger partial charge in [-0.05, 0) is 12.1 Å². The number of rotatable bonds is 2. The second-order valence-electron chi connectivity index (χ2n) is 3.63. The molecule has 0 saturated carbocycles. The van der Waals surface area contributed by atoms with E-state index in [9.17, 15) is 4.79 Å². The highest BCUT2D eigenvalue weighted by Gasteiger charge is 2.25. The van der Waals surface area contributed by atoms with E-state index in [2.05, 4.69) is 20.7 Å². The van der Waals surface area contributed by atoms with Crippen LogP contribution >= 0.6 is 0 Å². The molecule has 1 aromatic rings. The van der Waals surface area contributed by atoms with Crippen molar-refractivity contribution in [1.29, 1.82) is 0 Å². The van der Waals surface area contributed by atoms with E-state index in [0.717, 1.165) is 6.54 Å². The molecular formula is C8H14N6O. The summed E-state index contributed by atoms with van der Waals surface area (Å²) in [5.74, 6) is 0.675. The summed E-state index contributed by atoms with van der Waals surface area (Å²) < 4.78 is 0. The Hall–Kier alpha value is -1.50. The van der Waals surface area contributed by atoms with Gasteiger partial charge in [-0.1, -0.05) is 0 Å². The Balaban J connectivity index is 2.02. The number of tetrazole rings is 1. The van der Waals surface area contributed by atoms with E-state index in [0.29, 0.717) is 18.9 Å². The molecule has 2 rings (SSSR count). The van der Waals surface area contributed by atoms with Crippen LogP contribution in [0.2, 0.25) is 0 Å². The SMILES string of the molecule is CC1NCCN(Cc2nnn(C)n2)C1=O. The molecule has 1 N–H and O–H groups in total. The fourth-order valence-electron chi connectivity index (χ4n) is 1.60. The summed E-state index contributed by atoms with van der Waals surface area (Å²) in [5.41, 5.74) is 0. The summed E-state index contributed by atoms with van der Waals surface area (Å²) in [6.07, 6.45) is 0. The smallest absolute Gasteiger partial charge is 0.239 e. The molecule has 1 amide bonds. The van der Waals surface area contributed by atoms with Gasteiger partial charge in [-0.2, -0.15) is 4.80 Å². The number of amides is 1. The lowest BCUT2D eigenvalue weighted by molar-refractivity contribution is -0.135. The van der Waals surface area contributed by atoms with Gasteiger partial charge in [0.2, 0.25) is 5.91 Å². The van der Waals surface area contributed by atoms with Gasteiger partial charge in [0.05, 0.1) is 19.6 Å². The molecule has 1 aliphatic heterocycles. The maximum atomic E-state index is 11.7. The van der Waals surface area contributed by atoms with Crippen molar-refractivity contribution in [2.75, 3.05) is 13.1 Å². The maximum Gasteiger partial charge on any atom is 0.239 e. The third-order valence-corrected chi connectivity index (χ3v) is 2.40. The van der Waals surface area contributed by atoms with Crippen LogP contribution in [0.25, 0.3) is 0 Å². The van der Waals surface area contributed by atoms with Crippen LogP contribution in [0.5, 0.6) is 0 Å². The predicted octanol–water partition coefficient (Wildman–Crippen LogP) is -1.47. The van der Waals surface area contributed by atoms with E-state index in [1.165, 1.54) is 4.80 Å². The van der Waals surface area contributed by atoms with E-state index >= 15 is 0 Å². The second-order valence-corrected chi connectivity index (χ2v) is 3.63. The van der Waals surface area contributed by atoms with E-state index in [1.54, 1.807) is 11.9 Å². The van der Waals surface area contributed by atoms with Gasteiger partial charge >= 0.3 is 0 Å². The first-order valence-corrected chi connectivity index (χ1v) is 4.92. The minimum atomic E-state index is -0.115. The molecule has 0 radical (unpaired) electrons. The molecule has 0 aliphatic carbocycles. The molecule has 15 heavy (non-hydrogen) atoms. The van der Waals surface area contributed by atoms with Gasteiger partial charge in [0, 0.05) is 13.1 Å². The Labute approximate surface area is 87.4 Å². The summed E-state index contributed by atoms with van der Waals surface area (Å²) >= 11 is 0. The summed E-state index contributed by atoms with van der Waals surface area (Å²) in [4.78, 5) is 14.9. The molecule has 1 aliphatic rings. The fraction of sp³-hybridized carbons (Fsp3) is 0.750. The van der Waals surface area contributed by atoms with Crippen molar-refractivity contribution >= 4 is 5.91 Å². The first-order valence-electron chi connectivity index (χ1n) is 4.92. The van der Waals surface area contributed by atoms with Crippen molar-refractivity contribution in [2.45, 2.75) is 19.5 Å². The highest BCUT2D eigenvalue weighted by molar-refractivity contribution is 5.82. The van der Waals surface area contributed by atoms with Crippen molar-refractivity contribution in [2.24, 2.45) is 7.05 Å². The van der Waals surface area contributed by atoms with Crippen LogP contribution in [0.4, 0.5) is 0 Å². The molecule has 2 heterocycles. The number of hydrogen-bond donors (Lipinski definition) is 1. The molecule has 0 aromatic carbocycles. The third kappa shape index (κ3) is 2.12. The normalized spacial score (nSPS) is 22.1. The van der Waals surface area contributed by atoms with Gasteiger partial charge < -0.3 is 10.2 Å². The van der Waals surface area contributed by atoms with E-state index in [1.807, 2.05) is 6.92 Å². The lowest BCUT2D eigenvalue weighted by atomic mass is 10.2. The molecule has 1 fully saturated rings. The summed E-state index contributed by atoms with van der Waals surface area (Å²) in [6, 6.07) is -0.115. The Bertz CT molecular complexity index is 362. The average molecular weight is 210 g/mol. The van der Waals surface area contributed by atoms with E-state index in [-0.39, 0.29) is 11.9 Å². The highest BCUT2D eigenvalue weighted by Crippen LogP contribution is 2.04. The van der Waals surface area contributed by atoms with Gasteiger partial charge in [-0.25, -0.2) is 0 Å². The van der Waals surface area contributed by atoms with Crippen molar-refractivity contribution < 1.29 is 4.79 Å². The number of aromatic nitrogens is 4. The van der Waals surface area contributed by atoms with Gasteiger partial charge in [0.15, 0.2) is 5.82 Å². The Morgan fingerprint density at radius 1 is 1.60 bits per heavy atom. The van der Waals surface area contributed by atoms with Gasteiger partial charge in [-0.3, -0.25) is 4.79 Å². The molecule has 7 nitrogen and oxygen atoms in total. The molecule has 1 unspecified atom stereocenters. The van der Waals surface area contributed by atoms with Crippen LogP contribution in [0.15, 0.2) is 0 Å². The van der Waals surface area contributed by atoms with Gasteiger partial charge in [0.1, 0.15) is 0 Å². The molecular weight excluding hydrogens is 196 g/mol. The van der Waals surface area contributed by atoms with Crippen molar-refractivity contribution in [1.82, 2.24) is 30.4 Å². The first-order chi connectivity index (χ1) is 7.16. The largest absolute Gasteiger partial charge is 0.332 e. The van der Waals surface area contributed by atoms with Crippen molar-refractivity contribution in [3.8, 4) is 0 Å². The summed E-state index contributed by atoms with van der Waals surface area (Å²) in [5, 5.41) is 14.7. The van der Waals surface area contributed by atoms with Crippen LogP contribution < -0.4 is 5.32 Å². The van der Waals surface area contributed by atoms with Gasteiger partial charge in [0.25, 0.3) is 0 Å².